The summed E-state index contributed by atoms with van der Waals surface area (Å²) in [5.41, 5.74) is 10.3. The monoisotopic (exact) mass is 241 g/mol. The van der Waals surface area contributed by atoms with Crippen LogP contribution in [0.1, 0.15) is 16.8 Å². The van der Waals surface area contributed by atoms with Gasteiger partial charge < -0.3 is 10.6 Å². The number of benzene rings is 1. The van der Waals surface area contributed by atoms with E-state index >= 15 is 0 Å². The van der Waals surface area contributed by atoms with E-state index in [4.69, 9.17) is 5.73 Å². The standard InChI is InChI=1S/C15H19N3/c1-11-9-12(2)17-15(14(11)10-16)18(3)13-7-5-4-6-8-13/h4-9H,10,16H2,1-3H3. The van der Waals surface area contributed by atoms with Gasteiger partial charge in [-0.15, -0.1) is 0 Å². The van der Waals surface area contributed by atoms with Gasteiger partial charge in [0.1, 0.15) is 5.82 Å². The van der Waals surface area contributed by atoms with Gasteiger partial charge in [0.05, 0.1) is 0 Å². The molecule has 0 bridgehead atoms. The number of nitrogens with zero attached hydrogens (tertiary/aromatic N) is 2. The second-order valence-electron chi connectivity index (χ2n) is 4.48. The summed E-state index contributed by atoms with van der Waals surface area (Å²) in [4.78, 5) is 6.71. The van der Waals surface area contributed by atoms with Gasteiger partial charge in [0.25, 0.3) is 0 Å². The fourth-order valence-corrected chi connectivity index (χ4v) is 2.15. The van der Waals surface area contributed by atoms with Gasteiger partial charge in [0.15, 0.2) is 0 Å². The van der Waals surface area contributed by atoms with Crippen molar-refractivity contribution in [2.24, 2.45) is 5.73 Å². The number of nitrogens with two attached hydrogens (primary N) is 1. The Morgan fingerprint density at radius 2 is 1.83 bits per heavy atom. The molecule has 1 aromatic carbocycles. The minimum Gasteiger partial charge on any atom is -0.329 e. The smallest absolute Gasteiger partial charge is 0.137 e. The molecule has 0 aliphatic rings. The Hall–Kier alpha value is -1.87. The third-order valence-corrected chi connectivity index (χ3v) is 3.12. The zero-order chi connectivity index (χ0) is 13.1. The fourth-order valence-electron chi connectivity index (χ4n) is 2.15. The van der Waals surface area contributed by atoms with Crippen LogP contribution in [-0.4, -0.2) is 12.0 Å². The number of hydrogen-bond acceptors (Lipinski definition) is 3. The van der Waals surface area contributed by atoms with Crippen molar-refractivity contribution in [3.8, 4) is 0 Å². The molecule has 0 aliphatic heterocycles. The number of para-hydroxylation sites is 1. The molecule has 1 aromatic heterocycles. The van der Waals surface area contributed by atoms with E-state index in [2.05, 4.69) is 35.0 Å². The van der Waals surface area contributed by atoms with E-state index in [0.29, 0.717) is 6.54 Å². The van der Waals surface area contributed by atoms with Crippen LogP contribution in [0.15, 0.2) is 36.4 Å². The fraction of sp³-hybridized carbons (Fsp3) is 0.267. The average molecular weight is 241 g/mol. The van der Waals surface area contributed by atoms with E-state index in [1.807, 2.05) is 32.2 Å². The van der Waals surface area contributed by atoms with Crippen LogP contribution >= 0.6 is 0 Å². The lowest BCUT2D eigenvalue weighted by Gasteiger charge is -2.22. The van der Waals surface area contributed by atoms with Crippen molar-refractivity contribution in [2.75, 3.05) is 11.9 Å². The quantitative estimate of drug-likeness (QED) is 0.898. The van der Waals surface area contributed by atoms with Crippen LogP contribution in [0.3, 0.4) is 0 Å². The summed E-state index contributed by atoms with van der Waals surface area (Å²) in [6.07, 6.45) is 0. The van der Waals surface area contributed by atoms with Crippen LogP contribution in [-0.2, 0) is 6.54 Å². The third kappa shape index (κ3) is 2.36. The number of aromatic nitrogens is 1. The third-order valence-electron chi connectivity index (χ3n) is 3.12. The summed E-state index contributed by atoms with van der Waals surface area (Å²) in [6.45, 7) is 4.60. The molecule has 0 unspecified atom stereocenters. The summed E-state index contributed by atoms with van der Waals surface area (Å²) in [7, 11) is 2.02. The van der Waals surface area contributed by atoms with Gasteiger partial charge in [0.2, 0.25) is 0 Å². The van der Waals surface area contributed by atoms with Crippen LogP contribution in [0.25, 0.3) is 0 Å². The molecular weight excluding hydrogens is 222 g/mol. The van der Waals surface area contributed by atoms with Crippen LogP contribution in [0, 0.1) is 13.8 Å². The molecule has 2 rings (SSSR count). The number of anilines is 2. The van der Waals surface area contributed by atoms with E-state index < -0.39 is 0 Å². The molecule has 3 nitrogen and oxygen atoms in total. The zero-order valence-electron chi connectivity index (χ0n) is 11.1. The first-order valence-electron chi connectivity index (χ1n) is 6.09. The van der Waals surface area contributed by atoms with Crippen LogP contribution in [0.5, 0.6) is 0 Å². The van der Waals surface area contributed by atoms with Crippen molar-refractivity contribution >= 4 is 11.5 Å². The Labute approximate surface area is 108 Å². The lowest BCUT2D eigenvalue weighted by Crippen LogP contribution is -2.16. The van der Waals surface area contributed by atoms with E-state index in [9.17, 15) is 0 Å². The first-order valence-corrected chi connectivity index (χ1v) is 6.09. The van der Waals surface area contributed by atoms with Crippen molar-refractivity contribution in [3.63, 3.8) is 0 Å². The van der Waals surface area contributed by atoms with Gasteiger partial charge in [-0.25, -0.2) is 4.98 Å². The second-order valence-corrected chi connectivity index (χ2v) is 4.48. The van der Waals surface area contributed by atoms with Gasteiger partial charge in [-0.2, -0.15) is 0 Å². The highest BCUT2D eigenvalue weighted by Crippen LogP contribution is 2.27. The van der Waals surface area contributed by atoms with E-state index in [-0.39, 0.29) is 0 Å². The Morgan fingerprint density at radius 3 is 2.44 bits per heavy atom. The number of aryl methyl sites for hydroxylation is 2. The van der Waals surface area contributed by atoms with Crippen molar-refractivity contribution in [2.45, 2.75) is 20.4 Å². The van der Waals surface area contributed by atoms with Crippen molar-refractivity contribution in [1.29, 1.82) is 0 Å². The normalized spacial score (nSPS) is 10.4. The van der Waals surface area contributed by atoms with Gasteiger partial charge in [0, 0.05) is 30.5 Å². The molecule has 2 N–H and O–H groups in total. The number of rotatable bonds is 3. The molecule has 0 amide bonds. The molecule has 1 heterocycles. The molecule has 0 aliphatic carbocycles. The molecule has 3 heteroatoms. The molecule has 0 atom stereocenters. The summed E-state index contributed by atoms with van der Waals surface area (Å²) in [5.74, 6) is 0.946. The molecule has 2 aromatic rings. The Balaban J connectivity index is 2.50. The molecule has 0 saturated heterocycles. The predicted molar refractivity (Wildman–Crippen MR) is 76.1 cm³/mol. The molecule has 0 saturated carbocycles. The van der Waals surface area contributed by atoms with Gasteiger partial charge >= 0.3 is 0 Å². The van der Waals surface area contributed by atoms with Crippen molar-refractivity contribution in [3.05, 3.63) is 53.2 Å². The minimum atomic E-state index is 0.506. The number of hydrogen-bond donors (Lipinski definition) is 1. The zero-order valence-corrected chi connectivity index (χ0v) is 11.1. The highest BCUT2D eigenvalue weighted by atomic mass is 15.2. The minimum absolute atomic E-state index is 0.506. The van der Waals surface area contributed by atoms with Crippen LogP contribution in [0.4, 0.5) is 11.5 Å². The summed E-state index contributed by atoms with van der Waals surface area (Å²) in [5, 5.41) is 0. The lowest BCUT2D eigenvalue weighted by molar-refractivity contribution is 0.977. The van der Waals surface area contributed by atoms with Crippen molar-refractivity contribution in [1.82, 2.24) is 4.98 Å². The maximum Gasteiger partial charge on any atom is 0.137 e. The predicted octanol–water partition coefficient (Wildman–Crippen LogP) is 2.93. The van der Waals surface area contributed by atoms with Crippen molar-refractivity contribution < 1.29 is 0 Å². The van der Waals surface area contributed by atoms with Gasteiger partial charge in [-0.1, -0.05) is 18.2 Å². The lowest BCUT2D eigenvalue weighted by atomic mass is 10.1. The second kappa shape index (κ2) is 5.19. The first kappa shape index (κ1) is 12.6. The largest absolute Gasteiger partial charge is 0.329 e. The van der Waals surface area contributed by atoms with Gasteiger partial charge in [-0.3, -0.25) is 0 Å². The molecular formula is C15H19N3. The van der Waals surface area contributed by atoms with E-state index in [0.717, 1.165) is 22.8 Å². The van der Waals surface area contributed by atoms with Crippen LogP contribution < -0.4 is 10.6 Å². The van der Waals surface area contributed by atoms with Gasteiger partial charge in [-0.05, 0) is 37.6 Å². The molecule has 0 spiro atoms. The molecule has 0 fully saturated rings. The first-order chi connectivity index (χ1) is 8.63. The summed E-state index contributed by atoms with van der Waals surface area (Å²) >= 11 is 0. The maximum absolute atomic E-state index is 5.85. The summed E-state index contributed by atoms with van der Waals surface area (Å²) < 4.78 is 0. The topological polar surface area (TPSA) is 42.1 Å². The Bertz CT molecular complexity index is 535. The molecule has 18 heavy (non-hydrogen) atoms. The molecule has 0 radical (unpaired) electrons. The SMILES string of the molecule is Cc1cc(C)c(CN)c(N(C)c2ccccc2)n1. The highest BCUT2D eigenvalue weighted by molar-refractivity contribution is 5.63. The van der Waals surface area contributed by atoms with Crippen LogP contribution in [0.2, 0.25) is 0 Å². The Morgan fingerprint density at radius 1 is 1.17 bits per heavy atom. The van der Waals surface area contributed by atoms with E-state index in [1.54, 1.807) is 0 Å². The molecule has 94 valence electrons. The maximum atomic E-state index is 5.85. The highest BCUT2D eigenvalue weighted by Gasteiger charge is 2.12. The number of pyridine rings is 1. The summed E-state index contributed by atoms with van der Waals surface area (Å²) in [6, 6.07) is 12.3. The van der Waals surface area contributed by atoms with E-state index in [1.165, 1.54) is 5.56 Å². The average Bonchev–Trinajstić information content (AvgIpc) is 2.38. The Kier molecular flexibility index (Phi) is 3.63.